The quantitative estimate of drug-likeness (QED) is 0.860. The van der Waals surface area contributed by atoms with Crippen molar-refractivity contribution in [1.29, 1.82) is 0 Å². The van der Waals surface area contributed by atoms with E-state index in [1.807, 2.05) is 6.92 Å². The topological polar surface area (TPSA) is 86.0 Å². The lowest BCUT2D eigenvalue weighted by atomic mass is 10.2. The predicted molar refractivity (Wildman–Crippen MR) is 65.2 cm³/mol. The highest BCUT2D eigenvalue weighted by Crippen LogP contribution is 2.20. The molecule has 0 aliphatic heterocycles. The van der Waals surface area contributed by atoms with Crippen LogP contribution in [0.5, 0.6) is 6.01 Å². The minimum Gasteiger partial charge on any atom is -0.467 e. The molecule has 1 aromatic heterocycles. The molecule has 0 spiro atoms. The van der Waals surface area contributed by atoms with Gasteiger partial charge in [-0.15, -0.1) is 0 Å². The van der Waals surface area contributed by atoms with E-state index < -0.39 is 0 Å². The van der Waals surface area contributed by atoms with Gasteiger partial charge in [0.2, 0.25) is 11.9 Å². The number of nitrogen functional groups attached to an aromatic ring is 1. The highest BCUT2D eigenvalue weighted by atomic mass is 19.1. The lowest BCUT2D eigenvalue weighted by Crippen LogP contribution is -2.05. The number of nitrogens with two attached hydrogens (primary N) is 1. The van der Waals surface area contributed by atoms with Crippen molar-refractivity contribution >= 4 is 17.6 Å². The van der Waals surface area contributed by atoms with E-state index >= 15 is 0 Å². The summed E-state index contributed by atoms with van der Waals surface area (Å²) in [5.74, 6) is -0.122. The van der Waals surface area contributed by atoms with E-state index in [-0.39, 0.29) is 23.7 Å². The minimum atomic E-state index is -0.350. The van der Waals surface area contributed by atoms with E-state index in [0.717, 1.165) is 5.56 Å². The molecule has 0 atom stereocenters. The van der Waals surface area contributed by atoms with Crippen molar-refractivity contribution in [2.45, 2.75) is 6.92 Å². The SMILES string of the molecule is COc1nc(N)nc(Nc2cc(F)ccc2C)n1. The van der Waals surface area contributed by atoms with Gasteiger partial charge in [0.15, 0.2) is 0 Å². The van der Waals surface area contributed by atoms with Crippen molar-refractivity contribution in [1.82, 2.24) is 15.0 Å². The van der Waals surface area contributed by atoms with Gasteiger partial charge in [-0.1, -0.05) is 6.07 Å². The maximum absolute atomic E-state index is 13.1. The van der Waals surface area contributed by atoms with Crippen LogP contribution in [-0.2, 0) is 0 Å². The van der Waals surface area contributed by atoms with Crippen LogP contribution >= 0.6 is 0 Å². The molecule has 0 saturated heterocycles. The van der Waals surface area contributed by atoms with Gasteiger partial charge in [0, 0.05) is 5.69 Å². The number of ether oxygens (including phenoxy) is 1. The molecule has 6 nitrogen and oxygen atoms in total. The monoisotopic (exact) mass is 249 g/mol. The molecule has 7 heteroatoms. The number of rotatable bonds is 3. The molecule has 2 aromatic rings. The van der Waals surface area contributed by atoms with Crippen LogP contribution in [0.1, 0.15) is 5.56 Å². The molecule has 2 rings (SSSR count). The maximum Gasteiger partial charge on any atom is 0.322 e. The third kappa shape index (κ3) is 2.62. The molecular weight excluding hydrogens is 237 g/mol. The number of hydrogen-bond donors (Lipinski definition) is 2. The summed E-state index contributed by atoms with van der Waals surface area (Å²) in [5.41, 5.74) is 6.91. The standard InChI is InChI=1S/C11H12FN5O/c1-6-3-4-7(12)5-8(6)14-10-15-9(13)16-11(17-10)18-2/h3-5H,1-2H3,(H3,13,14,15,16,17). The molecule has 0 radical (unpaired) electrons. The van der Waals surface area contributed by atoms with Gasteiger partial charge in [0.25, 0.3) is 0 Å². The van der Waals surface area contributed by atoms with Gasteiger partial charge in [0.1, 0.15) is 5.82 Å². The van der Waals surface area contributed by atoms with Crippen molar-refractivity contribution in [3.05, 3.63) is 29.6 Å². The summed E-state index contributed by atoms with van der Waals surface area (Å²) in [5, 5.41) is 2.87. The summed E-state index contributed by atoms with van der Waals surface area (Å²) in [6, 6.07) is 4.48. The summed E-state index contributed by atoms with van der Waals surface area (Å²) in [6.45, 7) is 1.84. The smallest absolute Gasteiger partial charge is 0.322 e. The summed E-state index contributed by atoms with van der Waals surface area (Å²) >= 11 is 0. The number of aromatic nitrogens is 3. The first-order chi connectivity index (χ1) is 8.58. The van der Waals surface area contributed by atoms with Crippen molar-refractivity contribution in [2.24, 2.45) is 0 Å². The zero-order valence-corrected chi connectivity index (χ0v) is 9.94. The molecule has 3 N–H and O–H groups in total. The van der Waals surface area contributed by atoms with Gasteiger partial charge in [-0.25, -0.2) is 4.39 Å². The highest BCUT2D eigenvalue weighted by Gasteiger charge is 2.07. The number of hydrogen-bond acceptors (Lipinski definition) is 6. The van der Waals surface area contributed by atoms with Crippen LogP contribution in [0.3, 0.4) is 0 Å². The van der Waals surface area contributed by atoms with Gasteiger partial charge in [-0.05, 0) is 24.6 Å². The number of aryl methyl sites for hydroxylation is 1. The minimum absolute atomic E-state index is 0.0263. The van der Waals surface area contributed by atoms with E-state index in [2.05, 4.69) is 20.3 Å². The Morgan fingerprint density at radius 3 is 2.78 bits per heavy atom. The summed E-state index contributed by atoms with van der Waals surface area (Å²) in [7, 11) is 1.42. The highest BCUT2D eigenvalue weighted by molar-refractivity contribution is 5.58. The number of nitrogens with one attached hydrogen (secondary N) is 1. The normalized spacial score (nSPS) is 10.2. The first-order valence-corrected chi connectivity index (χ1v) is 5.17. The molecule has 0 amide bonds. The van der Waals surface area contributed by atoms with E-state index in [9.17, 15) is 4.39 Å². The molecule has 94 valence electrons. The lowest BCUT2D eigenvalue weighted by molar-refractivity contribution is 0.380. The van der Waals surface area contributed by atoms with Gasteiger partial charge in [-0.2, -0.15) is 15.0 Å². The first-order valence-electron chi connectivity index (χ1n) is 5.17. The molecule has 0 saturated carbocycles. The van der Waals surface area contributed by atoms with Gasteiger partial charge in [-0.3, -0.25) is 0 Å². The summed E-state index contributed by atoms with van der Waals surface area (Å²) < 4.78 is 18.0. The van der Waals surface area contributed by atoms with Crippen molar-refractivity contribution in [3.8, 4) is 6.01 Å². The average Bonchev–Trinajstić information content (AvgIpc) is 2.33. The molecule has 1 heterocycles. The second-order valence-corrected chi connectivity index (χ2v) is 3.59. The average molecular weight is 249 g/mol. The molecule has 0 aliphatic carbocycles. The molecular formula is C11H12FN5O. The van der Waals surface area contributed by atoms with Gasteiger partial charge >= 0.3 is 6.01 Å². The number of anilines is 3. The summed E-state index contributed by atoms with van der Waals surface area (Å²) in [6.07, 6.45) is 0. The molecule has 0 unspecified atom stereocenters. The number of methoxy groups -OCH3 is 1. The molecule has 1 aromatic carbocycles. The molecule has 18 heavy (non-hydrogen) atoms. The predicted octanol–water partition coefficient (Wildman–Crippen LogP) is 1.65. The van der Waals surface area contributed by atoms with Crippen molar-refractivity contribution in [3.63, 3.8) is 0 Å². The van der Waals surface area contributed by atoms with Crippen LogP contribution in [0, 0.1) is 12.7 Å². The third-order valence-electron chi connectivity index (χ3n) is 2.26. The van der Waals surface area contributed by atoms with E-state index in [1.165, 1.54) is 19.2 Å². The van der Waals surface area contributed by atoms with Crippen molar-refractivity contribution in [2.75, 3.05) is 18.2 Å². The summed E-state index contributed by atoms with van der Waals surface area (Å²) in [4.78, 5) is 11.6. The Kier molecular flexibility index (Phi) is 3.22. The second kappa shape index (κ2) is 4.82. The fourth-order valence-corrected chi connectivity index (χ4v) is 1.37. The fraction of sp³-hybridized carbons (Fsp3) is 0.182. The van der Waals surface area contributed by atoms with Crippen LogP contribution in [0.2, 0.25) is 0 Å². The molecule has 0 bridgehead atoms. The van der Waals surface area contributed by atoms with Crippen LogP contribution in [0.25, 0.3) is 0 Å². The van der Waals surface area contributed by atoms with Crippen LogP contribution in [0.4, 0.5) is 22.0 Å². The Morgan fingerprint density at radius 1 is 1.28 bits per heavy atom. The Bertz CT molecular complexity index is 575. The Morgan fingerprint density at radius 2 is 2.06 bits per heavy atom. The van der Waals surface area contributed by atoms with Gasteiger partial charge < -0.3 is 15.8 Å². The second-order valence-electron chi connectivity index (χ2n) is 3.59. The van der Waals surface area contributed by atoms with E-state index in [1.54, 1.807) is 6.07 Å². The van der Waals surface area contributed by atoms with Crippen molar-refractivity contribution < 1.29 is 9.13 Å². The van der Waals surface area contributed by atoms with E-state index in [0.29, 0.717) is 5.69 Å². The first kappa shape index (κ1) is 12.0. The zero-order valence-electron chi connectivity index (χ0n) is 9.94. The Hall–Kier alpha value is -2.44. The molecule has 0 aliphatic rings. The van der Waals surface area contributed by atoms with Gasteiger partial charge in [0.05, 0.1) is 7.11 Å². The lowest BCUT2D eigenvalue weighted by Gasteiger charge is -2.09. The third-order valence-corrected chi connectivity index (χ3v) is 2.26. The van der Waals surface area contributed by atoms with Crippen LogP contribution < -0.4 is 15.8 Å². The zero-order chi connectivity index (χ0) is 13.1. The van der Waals surface area contributed by atoms with E-state index in [4.69, 9.17) is 10.5 Å². The maximum atomic E-state index is 13.1. The number of nitrogens with zero attached hydrogens (tertiary/aromatic N) is 3. The fourth-order valence-electron chi connectivity index (χ4n) is 1.37. The molecule has 0 fully saturated rings. The Labute approximate surface area is 103 Å². The number of halogens is 1. The Balaban J connectivity index is 2.33. The number of benzene rings is 1. The van der Waals surface area contributed by atoms with Crippen LogP contribution in [0.15, 0.2) is 18.2 Å². The van der Waals surface area contributed by atoms with Crippen LogP contribution in [-0.4, -0.2) is 22.1 Å². The largest absolute Gasteiger partial charge is 0.467 e.